The van der Waals surface area contributed by atoms with E-state index in [0.29, 0.717) is 13.1 Å². The van der Waals surface area contributed by atoms with Gasteiger partial charge in [-0.3, -0.25) is 9.69 Å². The summed E-state index contributed by atoms with van der Waals surface area (Å²) in [4.78, 5) is 16.2. The van der Waals surface area contributed by atoms with Crippen LogP contribution in [0, 0.1) is 0 Å². The summed E-state index contributed by atoms with van der Waals surface area (Å²) in [6.07, 6.45) is 6.32. The maximum absolute atomic E-state index is 11.7. The van der Waals surface area contributed by atoms with E-state index in [-0.39, 0.29) is 17.8 Å². The van der Waals surface area contributed by atoms with Gasteiger partial charge >= 0.3 is 0 Å². The summed E-state index contributed by atoms with van der Waals surface area (Å²) in [7, 11) is 1.91. The minimum absolute atomic E-state index is 0.0919. The van der Waals surface area contributed by atoms with Crippen molar-refractivity contribution in [3.8, 4) is 5.75 Å². The smallest absolute Gasteiger partial charge is 0.223 e. The van der Waals surface area contributed by atoms with Crippen molar-refractivity contribution in [1.82, 2.24) is 14.4 Å². The molecule has 2 rings (SSSR count). The first-order valence-electron chi connectivity index (χ1n) is 8.54. The Balaban J connectivity index is 1.92. The van der Waals surface area contributed by atoms with Crippen LogP contribution in [0.25, 0.3) is 0 Å². The van der Waals surface area contributed by atoms with Crippen LogP contribution in [0.3, 0.4) is 0 Å². The molecule has 23 heavy (non-hydrogen) atoms. The average molecular weight is 323 g/mol. The summed E-state index contributed by atoms with van der Waals surface area (Å²) in [5, 5.41) is 18.7. The average Bonchev–Trinajstić information content (AvgIpc) is 3.02. The van der Waals surface area contributed by atoms with Gasteiger partial charge in [-0.15, -0.1) is 0 Å². The Labute approximate surface area is 138 Å². The molecule has 0 aromatic carbocycles. The molecule has 0 spiro atoms. The van der Waals surface area contributed by atoms with Gasteiger partial charge in [0.25, 0.3) is 0 Å². The maximum Gasteiger partial charge on any atom is 0.223 e. The maximum atomic E-state index is 11.7. The minimum Gasteiger partial charge on any atom is -0.503 e. The number of aromatic nitrogens is 1. The van der Waals surface area contributed by atoms with Gasteiger partial charge in [-0.25, -0.2) is 0 Å². The number of nitrogens with zero attached hydrogens (tertiary/aromatic N) is 3. The normalized spacial score (nSPS) is 15.6. The molecule has 0 saturated carbocycles. The molecule has 1 aromatic heterocycles. The van der Waals surface area contributed by atoms with Gasteiger partial charge in [-0.2, -0.15) is 0 Å². The molecule has 1 aliphatic rings. The SMILES string of the molecule is CN(CCO)Cc1cc(=O)c(O)cn1CCCCN1CCCC1. The van der Waals surface area contributed by atoms with Gasteiger partial charge in [0.1, 0.15) is 0 Å². The molecule has 130 valence electrons. The zero-order valence-electron chi connectivity index (χ0n) is 14.1. The zero-order chi connectivity index (χ0) is 16.7. The molecule has 0 atom stereocenters. The predicted molar refractivity (Wildman–Crippen MR) is 90.7 cm³/mol. The fourth-order valence-electron chi connectivity index (χ4n) is 3.10. The summed E-state index contributed by atoms with van der Waals surface area (Å²) >= 11 is 0. The molecule has 6 nitrogen and oxygen atoms in total. The van der Waals surface area contributed by atoms with Gasteiger partial charge in [0.2, 0.25) is 5.43 Å². The van der Waals surface area contributed by atoms with Crippen LogP contribution in [0.5, 0.6) is 5.75 Å². The van der Waals surface area contributed by atoms with Gasteiger partial charge in [0.05, 0.1) is 12.8 Å². The number of aliphatic hydroxyl groups excluding tert-OH is 1. The lowest BCUT2D eigenvalue weighted by molar-refractivity contribution is 0.214. The monoisotopic (exact) mass is 323 g/mol. The van der Waals surface area contributed by atoms with Crippen LogP contribution in [-0.2, 0) is 13.1 Å². The fourth-order valence-corrected chi connectivity index (χ4v) is 3.10. The van der Waals surface area contributed by atoms with Crippen molar-refractivity contribution in [2.75, 3.05) is 39.8 Å². The highest BCUT2D eigenvalue weighted by molar-refractivity contribution is 5.20. The topological polar surface area (TPSA) is 68.9 Å². The molecule has 0 unspecified atom stereocenters. The third kappa shape index (κ3) is 5.64. The Kier molecular flexibility index (Phi) is 7.08. The highest BCUT2D eigenvalue weighted by atomic mass is 16.3. The molecule has 1 aromatic rings. The van der Waals surface area contributed by atoms with Gasteiger partial charge < -0.3 is 19.7 Å². The Morgan fingerprint density at radius 3 is 2.61 bits per heavy atom. The number of hydrogen-bond acceptors (Lipinski definition) is 5. The third-order valence-electron chi connectivity index (χ3n) is 4.43. The van der Waals surface area contributed by atoms with Crippen molar-refractivity contribution in [2.45, 2.75) is 38.8 Å². The van der Waals surface area contributed by atoms with Crippen LogP contribution in [0.1, 0.15) is 31.4 Å². The largest absolute Gasteiger partial charge is 0.503 e. The predicted octanol–water partition coefficient (Wildman–Crippen LogP) is 0.854. The van der Waals surface area contributed by atoms with Crippen molar-refractivity contribution in [2.24, 2.45) is 0 Å². The molecule has 0 aliphatic carbocycles. The molecular formula is C17H29N3O3. The Bertz CT molecular complexity index is 538. The molecule has 1 fully saturated rings. The number of rotatable bonds is 9. The molecule has 2 N–H and O–H groups in total. The first kappa shape index (κ1) is 18.0. The van der Waals surface area contributed by atoms with Crippen molar-refractivity contribution >= 4 is 0 Å². The number of pyridine rings is 1. The lowest BCUT2D eigenvalue weighted by Gasteiger charge is -2.20. The van der Waals surface area contributed by atoms with Crippen LogP contribution in [0.15, 0.2) is 17.1 Å². The number of hydrogen-bond donors (Lipinski definition) is 2. The Morgan fingerprint density at radius 2 is 1.91 bits per heavy atom. The van der Waals surface area contributed by atoms with Crippen molar-refractivity contribution in [3.05, 3.63) is 28.2 Å². The minimum atomic E-state index is -0.342. The number of aromatic hydroxyl groups is 1. The van der Waals surface area contributed by atoms with Crippen LogP contribution in [0.4, 0.5) is 0 Å². The van der Waals surface area contributed by atoms with Gasteiger partial charge in [-0.1, -0.05) is 0 Å². The zero-order valence-corrected chi connectivity index (χ0v) is 14.1. The highest BCUT2D eigenvalue weighted by Crippen LogP contribution is 2.11. The van der Waals surface area contributed by atoms with Crippen molar-refractivity contribution in [3.63, 3.8) is 0 Å². The molecule has 6 heteroatoms. The van der Waals surface area contributed by atoms with E-state index in [1.165, 1.54) is 32.0 Å². The second-order valence-electron chi connectivity index (χ2n) is 6.42. The summed E-state index contributed by atoms with van der Waals surface area (Å²) < 4.78 is 1.97. The fraction of sp³-hybridized carbons (Fsp3) is 0.706. The third-order valence-corrected chi connectivity index (χ3v) is 4.43. The first-order valence-corrected chi connectivity index (χ1v) is 8.54. The quantitative estimate of drug-likeness (QED) is 0.660. The summed E-state index contributed by atoms with van der Waals surface area (Å²) in [5.41, 5.74) is 0.538. The van der Waals surface area contributed by atoms with E-state index in [9.17, 15) is 9.90 Å². The second-order valence-corrected chi connectivity index (χ2v) is 6.42. The first-order chi connectivity index (χ1) is 11.1. The number of likely N-dealkylation sites (tertiary alicyclic amines) is 1. The number of aryl methyl sites for hydroxylation is 1. The van der Waals surface area contributed by atoms with E-state index in [1.54, 1.807) is 6.20 Å². The summed E-state index contributed by atoms with van der Waals surface area (Å²) in [6, 6.07) is 1.50. The van der Waals surface area contributed by atoms with E-state index in [0.717, 1.165) is 31.6 Å². The summed E-state index contributed by atoms with van der Waals surface area (Å²) in [5.74, 6) is -0.196. The number of aliphatic hydroxyl groups is 1. The van der Waals surface area contributed by atoms with Crippen molar-refractivity contribution < 1.29 is 10.2 Å². The molecule has 0 amide bonds. The summed E-state index contributed by atoms with van der Waals surface area (Å²) in [6.45, 7) is 5.60. The molecule has 1 aliphatic heterocycles. The second kappa shape index (κ2) is 9.05. The van der Waals surface area contributed by atoms with E-state index in [2.05, 4.69) is 4.90 Å². The molecule has 0 radical (unpaired) electrons. The van der Waals surface area contributed by atoms with E-state index in [1.807, 2.05) is 16.5 Å². The van der Waals surface area contributed by atoms with Crippen LogP contribution >= 0.6 is 0 Å². The highest BCUT2D eigenvalue weighted by Gasteiger charge is 2.11. The Morgan fingerprint density at radius 1 is 1.22 bits per heavy atom. The van der Waals surface area contributed by atoms with Gasteiger partial charge in [0, 0.05) is 31.4 Å². The van der Waals surface area contributed by atoms with Crippen LogP contribution < -0.4 is 5.43 Å². The molecule has 1 saturated heterocycles. The lowest BCUT2D eigenvalue weighted by Crippen LogP contribution is -2.25. The van der Waals surface area contributed by atoms with E-state index in [4.69, 9.17) is 5.11 Å². The molecule has 2 heterocycles. The Hall–Kier alpha value is -1.37. The van der Waals surface area contributed by atoms with Crippen LogP contribution in [-0.4, -0.2) is 64.4 Å². The molecule has 0 bridgehead atoms. The van der Waals surface area contributed by atoms with Gasteiger partial charge in [-0.05, 0) is 52.4 Å². The lowest BCUT2D eigenvalue weighted by atomic mass is 10.2. The van der Waals surface area contributed by atoms with Gasteiger partial charge in [0.15, 0.2) is 5.75 Å². The molecular weight excluding hydrogens is 294 g/mol. The number of likely N-dealkylation sites (N-methyl/N-ethyl adjacent to an activating group) is 1. The van der Waals surface area contributed by atoms with Crippen molar-refractivity contribution in [1.29, 1.82) is 0 Å². The number of unbranched alkanes of at least 4 members (excludes halogenated alkanes) is 1. The van der Waals surface area contributed by atoms with Crippen LogP contribution in [0.2, 0.25) is 0 Å². The van der Waals surface area contributed by atoms with E-state index >= 15 is 0 Å². The van der Waals surface area contributed by atoms with E-state index < -0.39 is 0 Å². The standard InChI is InChI=1S/C17H29N3O3/c1-18(10-11-21)13-15-12-16(22)17(23)14-20(15)9-5-4-8-19-6-2-3-7-19/h12,14,21,23H,2-11,13H2,1H3.